The first-order chi connectivity index (χ1) is 15.2. The van der Waals surface area contributed by atoms with Crippen molar-refractivity contribution in [3.8, 4) is 23.7 Å². The molecule has 1 saturated carbocycles. The van der Waals surface area contributed by atoms with E-state index in [1.165, 1.54) is 7.11 Å². The van der Waals surface area contributed by atoms with Crippen LogP contribution in [-0.2, 0) is 16.0 Å². The Morgan fingerprint density at radius 2 is 1.47 bits per heavy atom. The molecule has 5 nitrogen and oxygen atoms in total. The molecule has 32 heavy (non-hydrogen) atoms. The van der Waals surface area contributed by atoms with E-state index < -0.39 is 5.60 Å². The van der Waals surface area contributed by atoms with Gasteiger partial charge in [0.15, 0.2) is 0 Å². The summed E-state index contributed by atoms with van der Waals surface area (Å²) in [7, 11) is 1.35. The van der Waals surface area contributed by atoms with E-state index in [9.17, 15) is 9.59 Å². The van der Waals surface area contributed by atoms with Crippen LogP contribution in [0.5, 0.6) is 0 Å². The molecular formula is C27H27NO4. The molecule has 0 radical (unpaired) electrons. The SMILES string of the molecule is COC(=O)c1ccc(C#CC#Cc2ccc(CN(C(=O)OC(C)(C)C)C3CC3)cc2)cc1. The fourth-order valence-electron chi connectivity index (χ4n) is 2.95. The maximum atomic E-state index is 12.5. The average Bonchev–Trinajstić information content (AvgIpc) is 3.60. The van der Waals surface area contributed by atoms with Crippen LogP contribution < -0.4 is 0 Å². The molecule has 0 bridgehead atoms. The Morgan fingerprint density at radius 3 is 1.94 bits per heavy atom. The lowest BCUT2D eigenvalue weighted by atomic mass is 10.1. The van der Waals surface area contributed by atoms with E-state index in [1.54, 1.807) is 24.3 Å². The van der Waals surface area contributed by atoms with Crippen molar-refractivity contribution >= 4 is 12.1 Å². The van der Waals surface area contributed by atoms with Crippen LogP contribution in [0, 0.1) is 23.7 Å². The Labute approximate surface area is 189 Å². The number of ether oxygens (including phenoxy) is 2. The van der Waals surface area contributed by atoms with Crippen molar-refractivity contribution in [2.24, 2.45) is 0 Å². The van der Waals surface area contributed by atoms with Crippen molar-refractivity contribution in [1.82, 2.24) is 4.90 Å². The smallest absolute Gasteiger partial charge is 0.410 e. The Hall–Kier alpha value is -3.70. The highest BCUT2D eigenvalue weighted by molar-refractivity contribution is 5.89. The van der Waals surface area contributed by atoms with Crippen molar-refractivity contribution < 1.29 is 19.1 Å². The summed E-state index contributed by atoms with van der Waals surface area (Å²) in [6.07, 6.45) is 1.78. The second-order valence-corrected chi connectivity index (χ2v) is 8.61. The Bertz CT molecular complexity index is 1080. The normalized spacial score (nSPS) is 12.5. The summed E-state index contributed by atoms with van der Waals surface area (Å²) >= 11 is 0. The molecule has 0 heterocycles. The maximum Gasteiger partial charge on any atom is 0.410 e. The molecule has 2 aromatic carbocycles. The summed E-state index contributed by atoms with van der Waals surface area (Å²) < 4.78 is 10.2. The van der Waals surface area contributed by atoms with Crippen molar-refractivity contribution in [3.63, 3.8) is 0 Å². The fourth-order valence-corrected chi connectivity index (χ4v) is 2.95. The molecule has 1 fully saturated rings. The van der Waals surface area contributed by atoms with E-state index in [-0.39, 0.29) is 18.1 Å². The minimum atomic E-state index is -0.506. The first kappa shape index (κ1) is 23.0. The van der Waals surface area contributed by atoms with Crippen molar-refractivity contribution in [1.29, 1.82) is 0 Å². The Kier molecular flexibility index (Phi) is 7.23. The number of methoxy groups -OCH3 is 1. The van der Waals surface area contributed by atoms with Gasteiger partial charge in [-0.3, -0.25) is 0 Å². The zero-order chi connectivity index (χ0) is 23.1. The molecule has 0 aliphatic heterocycles. The predicted molar refractivity (Wildman–Crippen MR) is 123 cm³/mol. The maximum absolute atomic E-state index is 12.5. The highest BCUT2D eigenvalue weighted by Crippen LogP contribution is 2.30. The van der Waals surface area contributed by atoms with Crippen LogP contribution >= 0.6 is 0 Å². The first-order valence-electron chi connectivity index (χ1n) is 10.5. The molecule has 5 heteroatoms. The third kappa shape index (κ3) is 6.93. The summed E-state index contributed by atoms with van der Waals surface area (Å²) in [6.45, 7) is 6.16. The van der Waals surface area contributed by atoms with Crippen molar-refractivity contribution in [2.45, 2.75) is 51.8 Å². The van der Waals surface area contributed by atoms with Crippen molar-refractivity contribution in [2.75, 3.05) is 7.11 Å². The van der Waals surface area contributed by atoms with Crippen LogP contribution in [0.4, 0.5) is 4.79 Å². The van der Waals surface area contributed by atoms with Gasteiger partial charge in [-0.25, -0.2) is 9.59 Å². The van der Waals surface area contributed by atoms with Crippen LogP contribution in [0.15, 0.2) is 48.5 Å². The van der Waals surface area contributed by atoms with Gasteiger partial charge in [0.1, 0.15) is 5.60 Å². The van der Waals surface area contributed by atoms with E-state index >= 15 is 0 Å². The largest absolute Gasteiger partial charge is 0.465 e. The van der Waals surface area contributed by atoms with Crippen LogP contribution in [-0.4, -0.2) is 35.7 Å². The lowest BCUT2D eigenvalue weighted by Crippen LogP contribution is -2.37. The predicted octanol–water partition coefficient (Wildman–Crippen LogP) is 4.78. The number of nitrogens with zero attached hydrogens (tertiary/aromatic N) is 1. The number of hydrogen-bond acceptors (Lipinski definition) is 4. The third-order valence-corrected chi connectivity index (χ3v) is 4.70. The van der Waals surface area contributed by atoms with E-state index in [4.69, 9.17) is 4.74 Å². The summed E-state index contributed by atoms with van der Waals surface area (Å²) in [5.74, 6) is 11.3. The minimum absolute atomic E-state index is 0.265. The minimum Gasteiger partial charge on any atom is -0.465 e. The number of carbonyl (C=O) groups excluding carboxylic acids is 2. The van der Waals surface area contributed by atoms with Crippen LogP contribution in [0.1, 0.15) is 60.7 Å². The molecule has 0 unspecified atom stereocenters. The summed E-state index contributed by atoms with van der Waals surface area (Å²) in [5, 5.41) is 0. The summed E-state index contributed by atoms with van der Waals surface area (Å²) in [4.78, 5) is 25.8. The van der Waals surface area contributed by atoms with Gasteiger partial charge in [-0.15, -0.1) is 0 Å². The molecule has 0 aromatic heterocycles. The van der Waals surface area contributed by atoms with E-state index in [0.29, 0.717) is 12.1 Å². The first-order valence-corrected chi connectivity index (χ1v) is 10.5. The highest BCUT2D eigenvalue weighted by atomic mass is 16.6. The molecule has 0 N–H and O–H groups in total. The van der Waals surface area contributed by atoms with Crippen LogP contribution in [0.2, 0.25) is 0 Å². The second kappa shape index (κ2) is 10.1. The standard InChI is InChI=1S/C27H27NO4/c1-27(2,3)32-26(30)28(24-17-18-24)19-22-11-9-20(10-12-22)7-5-6-8-21-13-15-23(16-14-21)25(29)31-4/h9-16,24H,17-19H2,1-4H3. The Morgan fingerprint density at radius 1 is 0.938 bits per heavy atom. The number of rotatable bonds is 4. The topological polar surface area (TPSA) is 55.8 Å². The molecule has 0 spiro atoms. The molecule has 1 aliphatic rings. The quantitative estimate of drug-likeness (QED) is 0.519. The van der Waals surface area contributed by atoms with Crippen molar-refractivity contribution in [3.05, 3.63) is 70.8 Å². The number of amides is 1. The fraction of sp³-hybridized carbons (Fsp3) is 0.333. The molecule has 3 rings (SSSR count). The van der Waals surface area contributed by atoms with Gasteiger partial charge in [-0.2, -0.15) is 0 Å². The number of esters is 1. The monoisotopic (exact) mass is 429 g/mol. The number of benzene rings is 2. The lowest BCUT2D eigenvalue weighted by molar-refractivity contribution is 0.0216. The van der Waals surface area contributed by atoms with E-state index in [0.717, 1.165) is 29.5 Å². The summed E-state index contributed by atoms with van der Waals surface area (Å²) in [5.41, 5.74) is 2.62. The van der Waals surface area contributed by atoms with Crippen LogP contribution in [0.3, 0.4) is 0 Å². The second-order valence-electron chi connectivity index (χ2n) is 8.61. The van der Waals surface area contributed by atoms with Gasteiger partial charge in [-0.1, -0.05) is 24.0 Å². The van der Waals surface area contributed by atoms with Gasteiger partial charge in [0.25, 0.3) is 0 Å². The number of hydrogen-bond donors (Lipinski definition) is 0. The van der Waals surface area contributed by atoms with E-state index in [1.807, 2.05) is 49.9 Å². The summed E-state index contributed by atoms with van der Waals surface area (Å²) in [6, 6.07) is 14.9. The van der Waals surface area contributed by atoms with Gasteiger partial charge in [0.05, 0.1) is 12.7 Å². The van der Waals surface area contributed by atoms with Gasteiger partial charge in [-0.05, 0) is 87.4 Å². The van der Waals surface area contributed by atoms with Crippen LogP contribution in [0.25, 0.3) is 0 Å². The molecule has 1 aliphatic carbocycles. The highest BCUT2D eigenvalue weighted by Gasteiger charge is 2.35. The molecule has 164 valence electrons. The molecule has 0 atom stereocenters. The zero-order valence-electron chi connectivity index (χ0n) is 18.9. The molecule has 1 amide bonds. The average molecular weight is 430 g/mol. The van der Waals surface area contributed by atoms with Gasteiger partial charge in [0, 0.05) is 23.7 Å². The molecule has 2 aromatic rings. The molecule has 0 saturated heterocycles. The number of carbonyl (C=O) groups is 2. The van der Waals surface area contributed by atoms with Gasteiger partial charge in [0.2, 0.25) is 0 Å². The van der Waals surface area contributed by atoms with Gasteiger partial charge >= 0.3 is 12.1 Å². The zero-order valence-corrected chi connectivity index (χ0v) is 18.9. The van der Waals surface area contributed by atoms with E-state index in [2.05, 4.69) is 28.4 Å². The molecular weight excluding hydrogens is 402 g/mol. The lowest BCUT2D eigenvalue weighted by Gasteiger charge is -2.27. The third-order valence-electron chi connectivity index (χ3n) is 4.70. The Balaban J connectivity index is 1.60. The van der Waals surface area contributed by atoms with Gasteiger partial charge < -0.3 is 14.4 Å².